The minimum absolute atomic E-state index is 0.440. The fourth-order valence-corrected chi connectivity index (χ4v) is 0.191. The van der Waals surface area contributed by atoms with Crippen molar-refractivity contribution >= 4 is 6.41 Å². The summed E-state index contributed by atoms with van der Waals surface area (Å²) in [5.41, 5.74) is 0. The van der Waals surface area contributed by atoms with Gasteiger partial charge in [-0.1, -0.05) is 6.92 Å². The SMILES string of the molecule is CCCN=NC=O. The van der Waals surface area contributed by atoms with Gasteiger partial charge in [-0.15, -0.1) is 5.11 Å². The number of hydrogen-bond donors (Lipinski definition) is 0. The topological polar surface area (TPSA) is 41.8 Å². The lowest BCUT2D eigenvalue weighted by Crippen LogP contribution is -1.70. The molecule has 40 valence electrons. The Morgan fingerprint density at radius 3 is 2.86 bits per heavy atom. The third-order valence-electron chi connectivity index (χ3n) is 0.452. The number of rotatable bonds is 3. The van der Waals surface area contributed by atoms with Crippen molar-refractivity contribution in [2.75, 3.05) is 6.54 Å². The van der Waals surface area contributed by atoms with Crippen LogP contribution < -0.4 is 0 Å². The molecule has 0 rings (SSSR count). The van der Waals surface area contributed by atoms with Gasteiger partial charge in [-0.3, -0.25) is 4.79 Å². The van der Waals surface area contributed by atoms with Crippen LogP contribution in [0.15, 0.2) is 10.2 Å². The van der Waals surface area contributed by atoms with E-state index in [4.69, 9.17) is 0 Å². The van der Waals surface area contributed by atoms with Crippen molar-refractivity contribution in [3.8, 4) is 0 Å². The van der Waals surface area contributed by atoms with Crippen LogP contribution in [0.25, 0.3) is 0 Å². The molecule has 0 atom stereocenters. The normalized spacial score (nSPS) is 9.86. The molecule has 0 bridgehead atoms. The maximum atomic E-state index is 9.42. The molecule has 0 aliphatic carbocycles. The highest BCUT2D eigenvalue weighted by Gasteiger charge is 1.68. The summed E-state index contributed by atoms with van der Waals surface area (Å²) in [5, 5.41) is 6.57. The molecule has 0 heterocycles. The standard InChI is InChI=1S/C4H8N2O/c1-2-3-5-6-4-7/h4H,2-3H2,1H3. The van der Waals surface area contributed by atoms with Crippen LogP contribution in [0.2, 0.25) is 0 Å². The molecule has 7 heavy (non-hydrogen) atoms. The average Bonchev–Trinajstić information content (AvgIpc) is 1.69. The highest BCUT2D eigenvalue weighted by molar-refractivity contribution is 5.45. The predicted molar refractivity (Wildman–Crippen MR) is 26.1 cm³/mol. The van der Waals surface area contributed by atoms with Gasteiger partial charge in [-0.25, -0.2) is 0 Å². The van der Waals surface area contributed by atoms with E-state index in [0.29, 0.717) is 13.0 Å². The van der Waals surface area contributed by atoms with Gasteiger partial charge in [0, 0.05) is 0 Å². The van der Waals surface area contributed by atoms with E-state index in [1.807, 2.05) is 6.92 Å². The average molecular weight is 100 g/mol. The van der Waals surface area contributed by atoms with Crippen LogP contribution in [0.5, 0.6) is 0 Å². The Morgan fingerprint density at radius 2 is 2.43 bits per heavy atom. The van der Waals surface area contributed by atoms with Gasteiger partial charge in [-0.05, 0) is 6.42 Å². The molecule has 0 fully saturated rings. The molecule has 0 aromatic carbocycles. The fourth-order valence-electron chi connectivity index (χ4n) is 0.191. The number of hydrogen-bond acceptors (Lipinski definition) is 2. The highest BCUT2D eigenvalue weighted by atomic mass is 16.1. The number of azo groups is 1. The number of amides is 1. The minimum Gasteiger partial charge on any atom is -0.275 e. The first-order valence-corrected chi connectivity index (χ1v) is 2.22. The van der Waals surface area contributed by atoms with Gasteiger partial charge in [0.25, 0.3) is 6.41 Å². The molecule has 0 aliphatic rings. The Balaban J connectivity index is 2.92. The Kier molecular flexibility index (Phi) is 4.72. The van der Waals surface area contributed by atoms with Crippen molar-refractivity contribution in [2.24, 2.45) is 10.2 Å². The van der Waals surface area contributed by atoms with E-state index < -0.39 is 0 Å². The van der Waals surface area contributed by atoms with Gasteiger partial charge in [0.2, 0.25) is 0 Å². The van der Waals surface area contributed by atoms with Crippen molar-refractivity contribution in [1.29, 1.82) is 0 Å². The van der Waals surface area contributed by atoms with Gasteiger partial charge < -0.3 is 0 Å². The second-order valence-electron chi connectivity index (χ2n) is 1.09. The highest BCUT2D eigenvalue weighted by Crippen LogP contribution is 1.75. The number of carbonyl (C=O) groups excluding carboxylic acids is 1. The number of nitrogens with zero attached hydrogens (tertiary/aromatic N) is 2. The van der Waals surface area contributed by atoms with E-state index in [1.54, 1.807) is 0 Å². The predicted octanol–water partition coefficient (Wildman–Crippen LogP) is 1.01. The van der Waals surface area contributed by atoms with Crippen molar-refractivity contribution in [1.82, 2.24) is 0 Å². The third kappa shape index (κ3) is 5.27. The molecule has 0 radical (unpaired) electrons. The Morgan fingerprint density at radius 1 is 1.71 bits per heavy atom. The number of carbonyl (C=O) groups is 1. The maximum Gasteiger partial charge on any atom is 0.252 e. The minimum atomic E-state index is 0.440. The molecule has 0 aromatic heterocycles. The lowest BCUT2D eigenvalue weighted by Gasteiger charge is -1.75. The summed E-state index contributed by atoms with van der Waals surface area (Å²) in [6.45, 7) is 2.63. The van der Waals surface area contributed by atoms with Gasteiger partial charge in [0.05, 0.1) is 6.54 Å². The lowest BCUT2D eigenvalue weighted by molar-refractivity contribution is -0.107. The van der Waals surface area contributed by atoms with Gasteiger partial charge in [0.1, 0.15) is 0 Å². The van der Waals surface area contributed by atoms with E-state index in [1.165, 1.54) is 0 Å². The zero-order chi connectivity index (χ0) is 5.54. The quantitative estimate of drug-likeness (QED) is 0.385. The molecule has 0 spiro atoms. The van der Waals surface area contributed by atoms with Crippen LogP contribution in [0.4, 0.5) is 0 Å². The molecule has 0 saturated carbocycles. The van der Waals surface area contributed by atoms with Crippen molar-refractivity contribution in [3.05, 3.63) is 0 Å². The molecule has 0 aliphatic heterocycles. The van der Waals surface area contributed by atoms with Gasteiger partial charge in [0.15, 0.2) is 0 Å². The summed E-state index contributed by atoms with van der Waals surface area (Å²) in [6.07, 6.45) is 1.38. The maximum absolute atomic E-state index is 9.42. The first-order valence-electron chi connectivity index (χ1n) is 2.22. The Hall–Kier alpha value is -0.730. The summed E-state index contributed by atoms with van der Waals surface area (Å²) < 4.78 is 0. The first-order chi connectivity index (χ1) is 3.41. The molecular weight excluding hydrogens is 92.1 g/mol. The van der Waals surface area contributed by atoms with Crippen LogP contribution >= 0.6 is 0 Å². The second kappa shape index (κ2) is 5.27. The van der Waals surface area contributed by atoms with Crippen molar-refractivity contribution in [3.63, 3.8) is 0 Å². The van der Waals surface area contributed by atoms with E-state index >= 15 is 0 Å². The summed E-state index contributed by atoms with van der Waals surface area (Å²) in [4.78, 5) is 9.42. The summed E-state index contributed by atoms with van der Waals surface area (Å²) in [7, 11) is 0. The lowest BCUT2D eigenvalue weighted by atomic mass is 10.5. The largest absolute Gasteiger partial charge is 0.275 e. The van der Waals surface area contributed by atoms with E-state index in [-0.39, 0.29) is 0 Å². The molecular formula is C4H8N2O. The van der Waals surface area contributed by atoms with Crippen LogP contribution in [0, 0.1) is 0 Å². The van der Waals surface area contributed by atoms with Crippen LogP contribution in [0.1, 0.15) is 13.3 Å². The van der Waals surface area contributed by atoms with E-state index in [2.05, 4.69) is 10.2 Å². The monoisotopic (exact) mass is 100 g/mol. The van der Waals surface area contributed by atoms with Gasteiger partial charge >= 0.3 is 0 Å². The molecule has 3 heteroatoms. The van der Waals surface area contributed by atoms with Crippen LogP contribution in [-0.4, -0.2) is 13.0 Å². The fraction of sp³-hybridized carbons (Fsp3) is 0.750. The Bertz CT molecular complexity index is 70.1. The van der Waals surface area contributed by atoms with Crippen LogP contribution in [-0.2, 0) is 4.79 Å². The Labute approximate surface area is 42.4 Å². The zero-order valence-corrected chi connectivity index (χ0v) is 4.29. The second-order valence-corrected chi connectivity index (χ2v) is 1.09. The smallest absolute Gasteiger partial charge is 0.252 e. The molecule has 0 aromatic rings. The van der Waals surface area contributed by atoms with Crippen molar-refractivity contribution in [2.45, 2.75) is 13.3 Å². The molecule has 1 amide bonds. The van der Waals surface area contributed by atoms with E-state index in [9.17, 15) is 4.79 Å². The summed E-state index contributed by atoms with van der Waals surface area (Å²) in [5.74, 6) is 0. The first kappa shape index (κ1) is 6.27. The van der Waals surface area contributed by atoms with Crippen molar-refractivity contribution < 1.29 is 4.79 Å². The molecule has 0 N–H and O–H groups in total. The molecule has 0 saturated heterocycles. The molecule has 0 unspecified atom stereocenters. The summed E-state index contributed by atoms with van der Waals surface area (Å²) >= 11 is 0. The molecule has 3 nitrogen and oxygen atoms in total. The van der Waals surface area contributed by atoms with Crippen LogP contribution in [0.3, 0.4) is 0 Å². The third-order valence-corrected chi connectivity index (χ3v) is 0.452. The summed E-state index contributed by atoms with van der Waals surface area (Å²) in [6, 6.07) is 0. The van der Waals surface area contributed by atoms with E-state index in [0.717, 1.165) is 6.42 Å². The van der Waals surface area contributed by atoms with Gasteiger partial charge in [-0.2, -0.15) is 5.11 Å². The zero-order valence-electron chi connectivity index (χ0n) is 4.29.